The molecule has 0 spiro atoms. The van der Waals surface area contributed by atoms with E-state index in [9.17, 15) is 0 Å². The van der Waals surface area contributed by atoms with Crippen molar-refractivity contribution in [3.05, 3.63) is 108 Å². The molecule has 2 saturated heterocycles. The Hall–Kier alpha value is -2.46. The molecule has 3 heteroatoms. The second-order valence-corrected chi connectivity index (χ2v) is 8.21. The van der Waals surface area contributed by atoms with Gasteiger partial charge in [-0.1, -0.05) is 91.0 Å². The first kappa shape index (κ1) is 18.6. The van der Waals surface area contributed by atoms with Crippen LogP contribution in [0.5, 0.6) is 0 Å². The number of benzene rings is 3. The highest BCUT2D eigenvalue weighted by Gasteiger charge is 2.44. The number of nitrogens with zero attached hydrogens (tertiary/aromatic N) is 2. The summed E-state index contributed by atoms with van der Waals surface area (Å²) in [5, 5.41) is 0. The van der Waals surface area contributed by atoms with Crippen LogP contribution in [0.2, 0.25) is 0 Å². The lowest BCUT2D eigenvalue weighted by Gasteiger charge is -2.30. The van der Waals surface area contributed by atoms with Crippen molar-refractivity contribution in [1.29, 1.82) is 0 Å². The van der Waals surface area contributed by atoms with Gasteiger partial charge in [0.15, 0.2) is 0 Å². The molecule has 0 unspecified atom stereocenters. The van der Waals surface area contributed by atoms with E-state index in [2.05, 4.69) is 101 Å². The van der Waals surface area contributed by atoms with E-state index in [0.29, 0.717) is 12.1 Å². The van der Waals surface area contributed by atoms with E-state index < -0.39 is 0 Å². The van der Waals surface area contributed by atoms with E-state index in [4.69, 9.17) is 4.74 Å². The molecular formula is C26H28N2O. The molecule has 2 aliphatic heterocycles. The Kier molecular flexibility index (Phi) is 5.44. The Labute approximate surface area is 173 Å². The van der Waals surface area contributed by atoms with Gasteiger partial charge in [0.1, 0.15) is 6.23 Å². The normalized spacial score (nSPS) is 24.1. The molecule has 2 aliphatic rings. The van der Waals surface area contributed by atoms with Crippen molar-refractivity contribution in [3.63, 3.8) is 0 Å². The predicted molar refractivity (Wildman–Crippen MR) is 116 cm³/mol. The Morgan fingerprint density at radius 2 is 1.31 bits per heavy atom. The third kappa shape index (κ3) is 4.13. The molecule has 3 atom stereocenters. The summed E-state index contributed by atoms with van der Waals surface area (Å²) in [7, 11) is 0. The van der Waals surface area contributed by atoms with E-state index >= 15 is 0 Å². The van der Waals surface area contributed by atoms with Crippen molar-refractivity contribution in [2.75, 3.05) is 13.2 Å². The van der Waals surface area contributed by atoms with Crippen LogP contribution < -0.4 is 0 Å². The first-order chi connectivity index (χ1) is 14.4. The number of rotatable bonds is 6. The maximum absolute atomic E-state index is 6.18. The Morgan fingerprint density at radius 3 is 1.90 bits per heavy atom. The van der Waals surface area contributed by atoms with Crippen LogP contribution in [0.1, 0.15) is 29.3 Å². The van der Waals surface area contributed by atoms with Gasteiger partial charge >= 0.3 is 0 Å². The molecule has 2 fully saturated rings. The second kappa shape index (κ2) is 8.50. The fourth-order valence-corrected chi connectivity index (χ4v) is 4.79. The number of fused-ring (bicyclic) bond motifs is 1. The van der Waals surface area contributed by atoms with Gasteiger partial charge in [0.25, 0.3) is 0 Å². The molecule has 3 aromatic rings. The van der Waals surface area contributed by atoms with E-state index in [-0.39, 0.29) is 6.23 Å². The molecule has 3 aromatic carbocycles. The highest BCUT2D eigenvalue weighted by Crippen LogP contribution is 2.38. The zero-order valence-corrected chi connectivity index (χ0v) is 16.7. The summed E-state index contributed by atoms with van der Waals surface area (Å²) in [6.07, 6.45) is 1.27. The maximum Gasteiger partial charge on any atom is 0.137 e. The third-order valence-corrected chi connectivity index (χ3v) is 6.24. The lowest BCUT2D eigenvalue weighted by molar-refractivity contribution is 0.0245. The molecule has 0 aromatic heterocycles. The maximum atomic E-state index is 6.18. The van der Waals surface area contributed by atoms with Gasteiger partial charge in [-0.05, 0) is 23.1 Å². The van der Waals surface area contributed by atoms with Crippen LogP contribution in [0.4, 0.5) is 0 Å². The molecule has 29 heavy (non-hydrogen) atoms. The lowest BCUT2D eigenvalue weighted by atomic mass is 10.1. The number of ether oxygens (including phenoxy) is 1. The highest BCUT2D eigenvalue weighted by molar-refractivity contribution is 5.20. The van der Waals surface area contributed by atoms with Crippen LogP contribution in [0.25, 0.3) is 0 Å². The third-order valence-electron chi connectivity index (χ3n) is 6.24. The fourth-order valence-electron chi connectivity index (χ4n) is 4.79. The van der Waals surface area contributed by atoms with Gasteiger partial charge in [0.2, 0.25) is 0 Å². The van der Waals surface area contributed by atoms with Gasteiger partial charge in [0, 0.05) is 31.7 Å². The van der Waals surface area contributed by atoms with Crippen LogP contribution >= 0.6 is 0 Å². The Bertz CT molecular complexity index is 858. The topological polar surface area (TPSA) is 15.7 Å². The Balaban J connectivity index is 1.35. The largest absolute Gasteiger partial charge is 0.357 e. The predicted octanol–water partition coefficient (Wildman–Crippen LogP) is 4.86. The summed E-state index contributed by atoms with van der Waals surface area (Å²) in [5.41, 5.74) is 4.03. The van der Waals surface area contributed by atoms with Crippen molar-refractivity contribution >= 4 is 0 Å². The summed E-state index contributed by atoms with van der Waals surface area (Å²) < 4.78 is 6.18. The lowest BCUT2D eigenvalue weighted by Crippen LogP contribution is -2.37. The zero-order valence-electron chi connectivity index (χ0n) is 16.7. The Morgan fingerprint density at radius 1 is 0.759 bits per heavy atom. The molecule has 5 rings (SSSR count). The van der Waals surface area contributed by atoms with E-state index in [1.807, 2.05) is 0 Å². The first-order valence-electron chi connectivity index (χ1n) is 10.6. The zero-order chi connectivity index (χ0) is 19.5. The average molecular weight is 385 g/mol. The van der Waals surface area contributed by atoms with E-state index in [1.165, 1.54) is 23.1 Å². The highest BCUT2D eigenvalue weighted by atomic mass is 16.5. The molecule has 0 aliphatic carbocycles. The molecule has 0 N–H and O–H groups in total. The van der Waals surface area contributed by atoms with Crippen molar-refractivity contribution in [1.82, 2.24) is 9.80 Å². The molecule has 0 saturated carbocycles. The minimum absolute atomic E-state index is 0.0986. The van der Waals surface area contributed by atoms with Crippen LogP contribution in [-0.2, 0) is 17.8 Å². The van der Waals surface area contributed by atoms with E-state index in [0.717, 1.165) is 26.2 Å². The van der Waals surface area contributed by atoms with Gasteiger partial charge in [-0.3, -0.25) is 9.80 Å². The van der Waals surface area contributed by atoms with Crippen molar-refractivity contribution in [2.45, 2.75) is 37.8 Å². The summed E-state index contributed by atoms with van der Waals surface area (Å²) in [5.74, 6) is 0. The fraction of sp³-hybridized carbons (Fsp3) is 0.308. The molecule has 3 nitrogen and oxygen atoms in total. The first-order valence-corrected chi connectivity index (χ1v) is 10.6. The van der Waals surface area contributed by atoms with Gasteiger partial charge in [0.05, 0.1) is 6.61 Å². The van der Waals surface area contributed by atoms with Crippen molar-refractivity contribution in [3.8, 4) is 0 Å². The standard InChI is InChI=1S/C26H28N2O/c1-4-10-21(11-5-1)17-27(18-22-12-6-2-7-13-22)24-16-25-20-29-26(28(25)19-24)23-14-8-3-9-15-23/h1-15,24-26H,16-20H2/t24-,25+,26-/m1/s1. The van der Waals surface area contributed by atoms with Crippen LogP contribution in [0, 0.1) is 0 Å². The number of hydrogen-bond donors (Lipinski definition) is 0. The molecule has 2 heterocycles. The summed E-state index contributed by atoms with van der Waals surface area (Å²) >= 11 is 0. The minimum Gasteiger partial charge on any atom is -0.357 e. The quantitative estimate of drug-likeness (QED) is 0.604. The summed E-state index contributed by atoms with van der Waals surface area (Å²) in [4.78, 5) is 5.23. The van der Waals surface area contributed by atoms with Crippen molar-refractivity contribution in [2.24, 2.45) is 0 Å². The smallest absolute Gasteiger partial charge is 0.137 e. The van der Waals surface area contributed by atoms with Crippen molar-refractivity contribution < 1.29 is 4.74 Å². The minimum atomic E-state index is 0.0986. The SMILES string of the molecule is c1ccc(CN(Cc2ccccc2)[C@@H]2C[C@H]3CO[C@H](c4ccccc4)N3C2)cc1. The summed E-state index contributed by atoms with van der Waals surface area (Å²) in [6.45, 7) is 3.86. The molecular weight excluding hydrogens is 356 g/mol. The van der Waals surface area contributed by atoms with Crippen LogP contribution in [-0.4, -0.2) is 35.0 Å². The van der Waals surface area contributed by atoms with Gasteiger partial charge in [-0.15, -0.1) is 0 Å². The average Bonchev–Trinajstić information content (AvgIpc) is 3.36. The number of hydrogen-bond acceptors (Lipinski definition) is 3. The molecule has 148 valence electrons. The molecule has 0 amide bonds. The van der Waals surface area contributed by atoms with Crippen LogP contribution in [0.3, 0.4) is 0 Å². The summed E-state index contributed by atoms with van der Waals surface area (Å²) in [6, 6.07) is 33.4. The van der Waals surface area contributed by atoms with Gasteiger partial charge < -0.3 is 4.74 Å². The molecule has 0 radical (unpaired) electrons. The van der Waals surface area contributed by atoms with Gasteiger partial charge in [-0.2, -0.15) is 0 Å². The van der Waals surface area contributed by atoms with E-state index in [1.54, 1.807) is 0 Å². The monoisotopic (exact) mass is 384 g/mol. The van der Waals surface area contributed by atoms with Crippen LogP contribution in [0.15, 0.2) is 91.0 Å². The second-order valence-electron chi connectivity index (χ2n) is 8.21. The van der Waals surface area contributed by atoms with Gasteiger partial charge in [-0.25, -0.2) is 0 Å². The molecule has 0 bridgehead atoms.